The highest BCUT2D eigenvalue weighted by Gasteiger charge is 2.43. The zero-order valence-electron chi connectivity index (χ0n) is 18.3. The number of nitrogens with zero attached hydrogens (tertiary/aromatic N) is 2. The number of benzene rings is 2. The van der Waals surface area contributed by atoms with Gasteiger partial charge in [0.05, 0.1) is 6.10 Å². The Hall–Kier alpha value is -3.33. The lowest BCUT2D eigenvalue weighted by Gasteiger charge is -2.32. The maximum absolute atomic E-state index is 12.9. The zero-order valence-corrected chi connectivity index (χ0v) is 18.3. The minimum Gasteiger partial charge on any atom is -0.456 e. The molecule has 1 atom stereocenters. The van der Waals surface area contributed by atoms with E-state index < -0.39 is 18.2 Å². The molecular weight excluding hydrogens is 449 g/mol. The Morgan fingerprint density at radius 1 is 0.941 bits per heavy atom. The molecule has 1 N–H and O–H groups in total. The first-order valence-electron chi connectivity index (χ1n) is 11.2. The number of aliphatic hydroxyl groups excluding tert-OH is 1. The molecule has 2 saturated heterocycles. The van der Waals surface area contributed by atoms with Crippen LogP contribution in [0.15, 0.2) is 48.0 Å². The summed E-state index contributed by atoms with van der Waals surface area (Å²) in [5, 5.41) is 9.76. The van der Waals surface area contributed by atoms with Crippen molar-refractivity contribution >= 4 is 17.4 Å². The van der Waals surface area contributed by atoms with E-state index in [1.807, 2.05) is 24.3 Å². The largest absolute Gasteiger partial charge is 0.471 e. The number of para-hydroxylation sites is 1. The van der Waals surface area contributed by atoms with Crippen molar-refractivity contribution < 1.29 is 32.6 Å². The number of rotatable bonds is 1. The summed E-state index contributed by atoms with van der Waals surface area (Å²) in [5.41, 5.74) is 3.88. The van der Waals surface area contributed by atoms with Gasteiger partial charge in [-0.3, -0.25) is 9.59 Å². The SMILES string of the molecule is O=C(c1ccc2c(c1)Oc1ccccc1C2=C1CCN(C(=O)C(F)(F)F)CC1)N1CCC(O)C1. The van der Waals surface area contributed by atoms with Crippen LogP contribution >= 0.6 is 0 Å². The minimum absolute atomic E-state index is 0.0105. The van der Waals surface area contributed by atoms with Crippen LogP contribution in [0.4, 0.5) is 13.2 Å². The van der Waals surface area contributed by atoms with E-state index in [9.17, 15) is 27.9 Å². The number of amides is 2. The molecule has 6 nitrogen and oxygen atoms in total. The van der Waals surface area contributed by atoms with Crippen molar-refractivity contribution in [3.63, 3.8) is 0 Å². The number of hydrogen-bond acceptors (Lipinski definition) is 4. The molecule has 0 saturated carbocycles. The Morgan fingerprint density at radius 2 is 1.65 bits per heavy atom. The standard InChI is InChI=1S/C25H23F3N2O4/c26-25(27,28)24(33)29-10-7-15(8-11-29)22-18-3-1-2-4-20(18)34-21-13-16(5-6-19(21)22)23(32)30-12-9-17(31)14-30/h1-6,13,17,31H,7-12,14H2. The zero-order chi connectivity index (χ0) is 24.0. The quantitative estimate of drug-likeness (QED) is 0.582. The second-order valence-electron chi connectivity index (χ2n) is 8.77. The molecular formula is C25H23F3N2O4. The van der Waals surface area contributed by atoms with Gasteiger partial charge < -0.3 is 19.6 Å². The Morgan fingerprint density at radius 3 is 2.32 bits per heavy atom. The van der Waals surface area contributed by atoms with Crippen LogP contribution in [0, 0.1) is 0 Å². The van der Waals surface area contributed by atoms with E-state index in [0.717, 1.165) is 27.2 Å². The van der Waals surface area contributed by atoms with Gasteiger partial charge in [0.1, 0.15) is 11.5 Å². The Labute approximate surface area is 194 Å². The Kier molecular flexibility index (Phi) is 5.59. The van der Waals surface area contributed by atoms with Gasteiger partial charge in [0.25, 0.3) is 5.91 Å². The number of carbonyl (C=O) groups is 2. The molecule has 2 aromatic carbocycles. The highest BCUT2D eigenvalue weighted by Crippen LogP contribution is 2.47. The van der Waals surface area contributed by atoms with Crippen molar-refractivity contribution in [2.24, 2.45) is 0 Å². The average molecular weight is 472 g/mol. The molecule has 9 heteroatoms. The molecule has 178 valence electrons. The molecule has 34 heavy (non-hydrogen) atoms. The van der Waals surface area contributed by atoms with Crippen molar-refractivity contribution in [3.05, 3.63) is 64.7 Å². The number of carbonyl (C=O) groups excluding carboxylic acids is 2. The predicted octanol–water partition coefficient (Wildman–Crippen LogP) is 3.99. The van der Waals surface area contributed by atoms with E-state index in [1.165, 1.54) is 0 Å². The summed E-state index contributed by atoms with van der Waals surface area (Å²) in [6.07, 6.45) is -4.22. The molecule has 2 fully saturated rings. The van der Waals surface area contributed by atoms with Crippen LogP contribution in [0.1, 0.15) is 40.7 Å². The third kappa shape index (κ3) is 4.04. The van der Waals surface area contributed by atoms with Crippen LogP contribution in [0.5, 0.6) is 11.5 Å². The van der Waals surface area contributed by atoms with Crippen LogP contribution in [0.25, 0.3) is 5.57 Å². The van der Waals surface area contributed by atoms with Gasteiger partial charge in [-0.1, -0.05) is 23.8 Å². The molecule has 2 amide bonds. The number of hydrogen-bond donors (Lipinski definition) is 1. The normalized spacial score (nSPS) is 20.1. The van der Waals surface area contributed by atoms with Crippen LogP contribution in [0.2, 0.25) is 0 Å². The van der Waals surface area contributed by atoms with Gasteiger partial charge in [-0.2, -0.15) is 13.2 Å². The molecule has 3 aliphatic rings. The van der Waals surface area contributed by atoms with Crippen LogP contribution < -0.4 is 4.74 Å². The van der Waals surface area contributed by atoms with E-state index >= 15 is 0 Å². The van der Waals surface area contributed by atoms with Crippen molar-refractivity contribution in [1.82, 2.24) is 9.80 Å². The number of halogens is 3. The molecule has 0 aromatic heterocycles. The molecule has 0 aliphatic carbocycles. The van der Waals surface area contributed by atoms with Crippen molar-refractivity contribution in [2.75, 3.05) is 26.2 Å². The van der Waals surface area contributed by atoms with Gasteiger partial charge in [-0.15, -0.1) is 0 Å². The Balaban J connectivity index is 1.48. The second-order valence-corrected chi connectivity index (χ2v) is 8.77. The molecule has 0 radical (unpaired) electrons. The lowest BCUT2D eigenvalue weighted by Crippen LogP contribution is -2.44. The Bertz CT molecular complexity index is 1180. The number of ether oxygens (including phenoxy) is 1. The highest BCUT2D eigenvalue weighted by atomic mass is 19.4. The molecule has 3 aliphatic heterocycles. The smallest absolute Gasteiger partial charge is 0.456 e. The summed E-state index contributed by atoms with van der Waals surface area (Å²) < 4.78 is 44.7. The fraction of sp³-hybridized carbons (Fsp3) is 0.360. The third-order valence-corrected chi connectivity index (χ3v) is 6.58. The van der Waals surface area contributed by atoms with Gasteiger partial charge in [0.2, 0.25) is 0 Å². The number of β-amino-alcohol motifs (C(OH)–C–C–N with tert-alkyl or cyclic N) is 1. The third-order valence-electron chi connectivity index (χ3n) is 6.58. The maximum Gasteiger partial charge on any atom is 0.471 e. The molecule has 2 aromatic rings. The molecule has 1 unspecified atom stereocenters. The molecule has 3 heterocycles. The van der Waals surface area contributed by atoms with Gasteiger partial charge in [0, 0.05) is 42.9 Å². The number of aliphatic hydroxyl groups is 1. The number of likely N-dealkylation sites (tertiary alicyclic amines) is 2. The fourth-order valence-corrected chi connectivity index (χ4v) is 4.87. The van der Waals surface area contributed by atoms with Crippen molar-refractivity contribution in [3.8, 4) is 11.5 Å². The van der Waals surface area contributed by atoms with Crippen LogP contribution in [0.3, 0.4) is 0 Å². The van der Waals surface area contributed by atoms with E-state index in [-0.39, 0.29) is 19.0 Å². The number of alkyl halides is 3. The summed E-state index contributed by atoms with van der Waals surface area (Å²) in [7, 11) is 0. The first kappa shape index (κ1) is 22.5. The van der Waals surface area contributed by atoms with Gasteiger partial charge in [-0.05, 0) is 49.1 Å². The number of fused-ring (bicyclic) bond motifs is 2. The van der Waals surface area contributed by atoms with E-state index in [4.69, 9.17) is 4.74 Å². The topological polar surface area (TPSA) is 70.1 Å². The molecule has 0 bridgehead atoms. The fourth-order valence-electron chi connectivity index (χ4n) is 4.87. The highest BCUT2D eigenvalue weighted by molar-refractivity contribution is 5.97. The summed E-state index contributed by atoms with van der Waals surface area (Å²) >= 11 is 0. The first-order chi connectivity index (χ1) is 16.2. The summed E-state index contributed by atoms with van der Waals surface area (Å²) in [5.74, 6) is -0.886. The van der Waals surface area contributed by atoms with Crippen LogP contribution in [-0.2, 0) is 4.79 Å². The monoisotopic (exact) mass is 472 g/mol. The summed E-state index contributed by atoms with van der Waals surface area (Å²) in [4.78, 5) is 27.0. The summed E-state index contributed by atoms with van der Waals surface area (Å²) in [6, 6.07) is 12.6. The van der Waals surface area contributed by atoms with Gasteiger partial charge >= 0.3 is 12.1 Å². The van der Waals surface area contributed by atoms with Gasteiger partial charge in [-0.25, -0.2) is 0 Å². The van der Waals surface area contributed by atoms with Crippen molar-refractivity contribution in [2.45, 2.75) is 31.5 Å². The molecule has 0 spiro atoms. The van der Waals surface area contributed by atoms with E-state index in [1.54, 1.807) is 23.1 Å². The average Bonchev–Trinajstić information content (AvgIpc) is 3.27. The maximum atomic E-state index is 12.9. The minimum atomic E-state index is -4.88. The predicted molar refractivity (Wildman–Crippen MR) is 117 cm³/mol. The van der Waals surface area contributed by atoms with Gasteiger partial charge in [0.15, 0.2) is 0 Å². The number of piperidine rings is 1. The van der Waals surface area contributed by atoms with Crippen molar-refractivity contribution in [1.29, 1.82) is 0 Å². The van der Waals surface area contributed by atoms with Crippen LogP contribution in [-0.4, -0.2) is 65.2 Å². The molecule has 5 rings (SSSR count). The first-order valence-corrected chi connectivity index (χ1v) is 11.2. The lowest BCUT2D eigenvalue weighted by molar-refractivity contribution is -0.185. The second kappa shape index (κ2) is 8.47. The van der Waals surface area contributed by atoms with E-state index in [2.05, 4.69) is 0 Å². The lowest BCUT2D eigenvalue weighted by atomic mass is 9.85. The summed E-state index contributed by atoms with van der Waals surface area (Å²) in [6.45, 7) is 0.762. The van der Waals surface area contributed by atoms with E-state index in [0.29, 0.717) is 49.4 Å².